The quantitative estimate of drug-likeness (QED) is 0.623. The van der Waals surface area contributed by atoms with Crippen LogP contribution in [0.5, 0.6) is 0 Å². The van der Waals surface area contributed by atoms with Gasteiger partial charge < -0.3 is 0 Å². The molecule has 1 aromatic rings. The predicted molar refractivity (Wildman–Crippen MR) is 46.0 cm³/mol. The van der Waals surface area contributed by atoms with E-state index in [0.29, 0.717) is 12.1 Å². The summed E-state index contributed by atoms with van der Waals surface area (Å²) >= 11 is 0. The van der Waals surface area contributed by atoms with Crippen molar-refractivity contribution < 1.29 is 27.9 Å². The van der Waals surface area contributed by atoms with Gasteiger partial charge in [-0.05, 0) is 0 Å². The third kappa shape index (κ3) is 2.65. The van der Waals surface area contributed by atoms with Crippen molar-refractivity contribution in [1.29, 1.82) is 0 Å². The molecule has 7 heteroatoms. The van der Waals surface area contributed by atoms with Gasteiger partial charge in [0, 0.05) is 0 Å². The Morgan fingerprint density at radius 1 is 0.929 bits per heavy atom. The van der Waals surface area contributed by atoms with Crippen LogP contribution in [0.3, 0.4) is 0 Å². The van der Waals surface area contributed by atoms with Crippen LogP contribution in [0.25, 0.3) is 0 Å². The first-order valence-electron chi connectivity index (χ1n) is 3.56. The minimum absolute atomic E-state index is 0.287. The van der Waals surface area contributed by atoms with Crippen LogP contribution in [0.1, 0.15) is 5.56 Å². The molecular formula is C7H8F3O3P. The van der Waals surface area contributed by atoms with E-state index in [1.54, 1.807) is 0 Å². The van der Waals surface area contributed by atoms with Crippen molar-refractivity contribution in [2.75, 3.05) is 0 Å². The summed E-state index contributed by atoms with van der Waals surface area (Å²) in [5.41, 5.74) is -0.903. The van der Waals surface area contributed by atoms with Crippen molar-refractivity contribution in [1.82, 2.24) is 0 Å². The Labute approximate surface area is 78.0 Å². The predicted octanol–water partition coefficient (Wildman–Crippen LogP) is 0.802. The Balaban J connectivity index is 3.02. The molecule has 0 spiro atoms. The van der Waals surface area contributed by atoms with Crippen LogP contribution in [-0.4, -0.2) is 14.7 Å². The second-order valence-electron chi connectivity index (χ2n) is 2.71. The Hall–Kier alpha value is -0.680. The number of benzene rings is 1. The maximum atomic E-state index is 12.0. The van der Waals surface area contributed by atoms with Crippen LogP contribution < -0.4 is 5.30 Å². The summed E-state index contributed by atoms with van der Waals surface area (Å²) in [5, 5.41) is -0.287. The van der Waals surface area contributed by atoms with Gasteiger partial charge in [0.1, 0.15) is 0 Å². The second kappa shape index (κ2) is 3.47. The Bertz CT molecular complexity index is 281. The first kappa shape index (κ1) is 11.4. The van der Waals surface area contributed by atoms with Gasteiger partial charge in [-0.3, -0.25) is 0 Å². The molecular weight excluding hydrogens is 220 g/mol. The van der Waals surface area contributed by atoms with Crippen LogP contribution in [0.2, 0.25) is 0 Å². The van der Waals surface area contributed by atoms with Crippen LogP contribution >= 0.6 is 7.94 Å². The summed E-state index contributed by atoms with van der Waals surface area (Å²) in [7, 11) is -4.48. The molecule has 3 N–H and O–H groups in total. The molecule has 3 nitrogen and oxygen atoms in total. The molecule has 0 amide bonds. The Morgan fingerprint density at radius 3 is 1.64 bits per heavy atom. The monoisotopic (exact) mass is 228 g/mol. The molecule has 0 unspecified atom stereocenters. The summed E-state index contributed by atoms with van der Waals surface area (Å²) in [5.74, 6) is 0. The Kier molecular flexibility index (Phi) is 2.83. The molecule has 14 heavy (non-hydrogen) atoms. The summed E-state index contributed by atoms with van der Waals surface area (Å²) in [6, 6.07) is 3.05. The van der Waals surface area contributed by atoms with E-state index >= 15 is 0 Å². The second-order valence-corrected chi connectivity index (χ2v) is 4.56. The van der Waals surface area contributed by atoms with Crippen molar-refractivity contribution in [2.24, 2.45) is 0 Å². The maximum absolute atomic E-state index is 12.0. The van der Waals surface area contributed by atoms with Crippen molar-refractivity contribution in [3.63, 3.8) is 0 Å². The van der Waals surface area contributed by atoms with Gasteiger partial charge in [0.25, 0.3) is 0 Å². The number of hydrogen-bond acceptors (Lipinski definition) is 3. The number of alkyl halides is 3. The van der Waals surface area contributed by atoms with E-state index in [4.69, 9.17) is 14.7 Å². The van der Waals surface area contributed by atoms with E-state index < -0.39 is 19.7 Å². The van der Waals surface area contributed by atoms with E-state index in [1.165, 1.54) is 0 Å². The molecule has 0 fully saturated rings. The first-order chi connectivity index (χ1) is 6.21. The fourth-order valence-electron chi connectivity index (χ4n) is 0.883. The average Bonchev–Trinajstić information content (AvgIpc) is 2.01. The van der Waals surface area contributed by atoms with Gasteiger partial charge in [-0.1, -0.05) is 0 Å². The fourth-order valence-corrected chi connectivity index (χ4v) is 1.50. The normalized spacial score (nSPS) is 14.1. The molecule has 1 aromatic carbocycles. The van der Waals surface area contributed by atoms with Crippen molar-refractivity contribution in [2.45, 2.75) is 6.18 Å². The van der Waals surface area contributed by atoms with Gasteiger partial charge >= 0.3 is 77.1 Å². The zero-order chi connectivity index (χ0) is 11.0. The topological polar surface area (TPSA) is 60.7 Å². The SMILES string of the molecule is O[PH](O)(O)c1ccc(C(F)(F)F)cc1. The van der Waals surface area contributed by atoms with Gasteiger partial charge in [-0.15, -0.1) is 0 Å². The van der Waals surface area contributed by atoms with E-state index in [9.17, 15) is 13.2 Å². The summed E-state index contributed by atoms with van der Waals surface area (Å²) < 4.78 is 36.1. The molecule has 0 heterocycles. The molecule has 0 aliphatic heterocycles. The van der Waals surface area contributed by atoms with Crippen molar-refractivity contribution in [3.8, 4) is 0 Å². The van der Waals surface area contributed by atoms with E-state index in [0.717, 1.165) is 12.1 Å². The fraction of sp³-hybridized carbons (Fsp3) is 0.143. The number of halogens is 3. The zero-order valence-corrected chi connectivity index (χ0v) is 7.78. The van der Waals surface area contributed by atoms with E-state index in [-0.39, 0.29) is 5.30 Å². The molecule has 0 saturated heterocycles. The van der Waals surface area contributed by atoms with Gasteiger partial charge in [0.05, 0.1) is 0 Å². The third-order valence-corrected chi connectivity index (χ3v) is 2.71. The van der Waals surface area contributed by atoms with E-state index in [1.807, 2.05) is 0 Å². The van der Waals surface area contributed by atoms with Crippen LogP contribution in [0.15, 0.2) is 24.3 Å². The minimum atomic E-state index is -4.48. The molecule has 1 rings (SSSR count). The first-order valence-corrected chi connectivity index (χ1v) is 5.40. The summed E-state index contributed by atoms with van der Waals surface area (Å²) in [6.45, 7) is 0. The molecule has 0 atom stereocenters. The molecule has 0 radical (unpaired) electrons. The zero-order valence-electron chi connectivity index (χ0n) is 6.78. The molecule has 0 bridgehead atoms. The van der Waals surface area contributed by atoms with Gasteiger partial charge in [0.15, 0.2) is 0 Å². The Morgan fingerprint density at radius 2 is 1.36 bits per heavy atom. The van der Waals surface area contributed by atoms with Gasteiger partial charge in [-0.2, -0.15) is 0 Å². The van der Waals surface area contributed by atoms with Gasteiger partial charge in [0.2, 0.25) is 0 Å². The summed E-state index contributed by atoms with van der Waals surface area (Å²) in [4.78, 5) is 26.3. The third-order valence-electron chi connectivity index (χ3n) is 1.60. The van der Waals surface area contributed by atoms with Crippen LogP contribution in [0.4, 0.5) is 13.2 Å². The molecule has 0 aliphatic rings. The molecule has 80 valence electrons. The standard InChI is InChI=1S/C7H8F3O3P/c8-7(9,10)5-1-3-6(4-2-5)14(11,12)13/h1-4,11-14H. The number of hydrogen-bond donors (Lipinski definition) is 3. The van der Waals surface area contributed by atoms with Crippen molar-refractivity contribution >= 4 is 13.2 Å². The number of rotatable bonds is 1. The van der Waals surface area contributed by atoms with Crippen LogP contribution in [-0.2, 0) is 6.18 Å². The molecule has 0 saturated carbocycles. The summed E-state index contributed by atoms with van der Waals surface area (Å²) in [6.07, 6.45) is -4.47. The van der Waals surface area contributed by atoms with Crippen LogP contribution in [0, 0.1) is 0 Å². The van der Waals surface area contributed by atoms with Gasteiger partial charge in [-0.25, -0.2) is 0 Å². The molecule has 0 aromatic heterocycles. The van der Waals surface area contributed by atoms with Crippen molar-refractivity contribution in [3.05, 3.63) is 29.8 Å². The average molecular weight is 228 g/mol. The molecule has 0 aliphatic carbocycles. The van der Waals surface area contributed by atoms with E-state index in [2.05, 4.69) is 0 Å².